The van der Waals surface area contributed by atoms with Crippen LogP contribution in [0, 0.1) is 16.7 Å². The van der Waals surface area contributed by atoms with E-state index in [-0.39, 0.29) is 11.9 Å². The SMILES string of the molecule is CC(Cc1cccc(Cl)c1)NC(=O)C(C)(C)C#N. The van der Waals surface area contributed by atoms with Crippen LogP contribution in [0.1, 0.15) is 26.3 Å². The second-order valence-corrected chi connectivity index (χ2v) is 5.38. The van der Waals surface area contributed by atoms with Crippen LogP contribution >= 0.6 is 11.6 Å². The molecule has 3 nitrogen and oxygen atoms in total. The van der Waals surface area contributed by atoms with Crippen LogP contribution in [-0.2, 0) is 11.2 Å². The zero-order valence-electron chi connectivity index (χ0n) is 10.8. The van der Waals surface area contributed by atoms with E-state index in [0.29, 0.717) is 11.4 Å². The molecule has 18 heavy (non-hydrogen) atoms. The van der Waals surface area contributed by atoms with Crippen LogP contribution < -0.4 is 5.32 Å². The van der Waals surface area contributed by atoms with E-state index in [9.17, 15) is 4.79 Å². The van der Waals surface area contributed by atoms with Crippen molar-refractivity contribution in [1.29, 1.82) is 5.26 Å². The number of carbonyl (C=O) groups excluding carboxylic acids is 1. The fraction of sp³-hybridized carbons (Fsp3) is 0.429. The largest absolute Gasteiger partial charge is 0.352 e. The highest BCUT2D eigenvalue weighted by Gasteiger charge is 2.28. The van der Waals surface area contributed by atoms with E-state index < -0.39 is 5.41 Å². The number of amides is 1. The number of nitrogens with one attached hydrogen (secondary N) is 1. The van der Waals surface area contributed by atoms with Gasteiger partial charge in [0.15, 0.2) is 0 Å². The van der Waals surface area contributed by atoms with Crippen molar-refractivity contribution >= 4 is 17.5 Å². The number of benzene rings is 1. The van der Waals surface area contributed by atoms with E-state index >= 15 is 0 Å². The van der Waals surface area contributed by atoms with Crippen molar-refractivity contribution in [2.24, 2.45) is 5.41 Å². The maximum Gasteiger partial charge on any atom is 0.240 e. The number of rotatable bonds is 4. The number of hydrogen-bond donors (Lipinski definition) is 1. The van der Waals surface area contributed by atoms with E-state index in [2.05, 4.69) is 5.32 Å². The van der Waals surface area contributed by atoms with Gasteiger partial charge >= 0.3 is 0 Å². The maximum absolute atomic E-state index is 11.8. The summed E-state index contributed by atoms with van der Waals surface area (Å²) in [6.45, 7) is 5.12. The molecule has 1 aromatic rings. The van der Waals surface area contributed by atoms with E-state index in [0.717, 1.165) is 5.56 Å². The average molecular weight is 265 g/mol. The quantitative estimate of drug-likeness (QED) is 0.909. The van der Waals surface area contributed by atoms with E-state index in [1.807, 2.05) is 37.3 Å². The van der Waals surface area contributed by atoms with Crippen molar-refractivity contribution in [2.45, 2.75) is 33.2 Å². The molecule has 1 unspecified atom stereocenters. The lowest BCUT2D eigenvalue weighted by atomic mass is 9.94. The third kappa shape index (κ3) is 4.05. The monoisotopic (exact) mass is 264 g/mol. The molecule has 0 saturated heterocycles. The van der Waals surface area contributed by atoms with Crippen molar-refractivity contribution in [3.05, 3.63) is 34.9 Å². The molecule has 1 aromatic carbocycles. The molecular formula is C14H17ClN2O. The van der Waals surface area contributed by atoms with Crippen LogP contribution in [0.3, 0.4) is 0 Å². The minimum atomic E-state index is -0.997. The molecule has 0 aliphatic rings. The average Bonchev–Trinajstić information content (AvgIpc) is 2.28. The fourth-order valence-corrected chi connectivity index (χ4v) is 1.74. The van der Waals surface area contributed by atoms with Gasteiger partial charge < -0.3 is 5.32 Å². The molecule has 0 fully saturated rings. The first-order valence-corrected chi connectivity index (χ1v) is 6.19. The molecule has 0 saturated carbocycles. The molecule has 1 amide bonds. The highest BCUT2D eigenvalue weighted by atomic mass is 35.5. The number of halogens is 1. The predicted molar refractivity (Wildman–Crippen MR) is 72.2 cm³/mol. The third-order valence-electron chi connectivity index (χ3n) is 2.66. The van der Waals surface area contributed by atoms with Gasteiger partial charge in [0.25, 0.3) is 0 Å². The van der Waals surface area contributed by atoms with Gasteiger partial charge in [-0.1, -0.05) is 23.7 Å². The Kier molecular flexibility index (Phi) is 4.75. The molecule has 0 aliphatic heterocycles. The number of nitrogens with zero attached hydrogens (tertiary/aromatic N) is 1. The Balaban J connectivity index is 2.60. The Labute approximate surface area is 113 Å². The lowest BCUT2D eigenvalue weighted by Gasteiger charge is -2.20. The molecule has 1 atom stereocenters. The Morgan fingerprint density at radius 2 is 2.22 bits per heavy atom. The van der Waals surface area contributed by atoms with Crippen molar-refractivity contribution in [3.63, 3.8) is 0 Å². The molecule has 1 N–H and O–H groups in total. The molecule has 96 valence electrons. The normalized spacial score (nSPS) is 12.6. The summed E-state index contributed by atoms with van der Waals surface area (Å²) in [5.74, 6) is -0.250. The summed E-state index contributed by atoms with van der Waals surface area (Å²) in [6, 6.07) is 9.48. The van der Waals surface area contributed by atoms with Crippen molar-refractivity contribution in [2.75, 3.05) is 0 Å². The van der Waals surface area contributed by atoms with Crippen molar-refractivity contribution in [3.8, 4) is 6.07 Å². The fourth-order valence-electron chi connectivity index (χ4n) is 1.52. The van der Waals surface area contributed by atoms with Crippen LogP contribution in [0.5, 0.6) is 0 Å². The lowest BCUT2D eigenvalue weighted by Crippen LogP contribution is -2.41. The third-order valence-corrected chi connectivity index (χ3v) is 2.89. The summed E-state index contributed by atoms with van der Waals surface area (Å²) < 4.78 is 0. The van der Waals surface area contributed by atoms with Crippen LogP contribution in [0.4, 0.5) is 0 Å². The Morgan fingerprint density at radius 3 is 2.78 bits per heavy atom. The van der Waals surface area contributed by atoms with Gasteiger partial charge in [0.1, 0.15) is 5.41 Å². The summed E-state index contributed by atoms with van der Waals surface area (Å²) in [6.07, 6.45) is 0.688. The van der Waals surface area contributed by atoms with E-state index in [4.69, 9.17) is 16.9 Å². The van der Waals surface area contributed by atoms with Gasteiger partial charge in [0.2, 0.25) is 5.91 Å². The van der Waals surface area contributed by atoms with Crippen LogP contribution in [0.25, 0.3) is 0 Å². The first kappa shape index (κ1) is 14.5. The van der Waals surface area contributed by atoms with Crippen LogP contribution in [-0.4, -0.2) is 11.9 Å². The van der Waals surface area contributed by atoms with E-state index in [1.54, 1.807) is 13.8 Å². The first-order chi connectivity index (χ1) is 8.35. The van der Waals surface area contributed by atoms with E-state index in [1.165, 1.54) is 0 Å². The van der Waals surface area contributed by atoms with Gasteiger partial charge in [-0.15, -0.1) is 0 Å². The standard InChI is InChI=1S/C14H17ClN2O/c1-10(17-13(18)14(2,3)9-16)7-11-5-4-6-12(15)8-11/h4-6,8,10H,7H2,1-3H3,(H,17,18). The zero-order chi connectivity index (χ0) is 13.8. The summed E-state index contributed by atoms with van der Waals surface area (Å²) in [4.78, 5) is 11.8. The molecule has 4 heteroatoms. The summed E-state index contributed by atoms with van der Waals surface area (Å²) >= 11 is 5.90. The zero-order valence-corrected chi connectivity index (χ0v) is 11.6. The van der Waals surface area contributed by atoms with Gasteiger partial charge in [-0.25, -0.2) is 0 Å². The second kappa shape index (κ2) is 5.88. The molecule has 0 bridgehead atoms. The molecule has 0 spiro atoms. The van der Waals surface area contributed by atoms with Crippen molar-refractivity contribution in [1.82, 2.24) is 5.32 Å². The minimum absolute atomic E-state index is 0.0383. The molecule has 0 aromatic heterocycles. The molecule has 0 radical (unpaired) electrons. The van der Waals surface area contributed by atoms with Crippen molar-refractivity contribution < 1.29 is 4.79 Å². The highest BCUT2D eigenvalue weighted by Crippen LogP contribution is 2.15. The first-order valence-electron chi connectivity index (χ1n) is 5.82. The van der Waals surface area contributed by atoms with Gasteiger partial charge in [-0.3, -0.25) is 4.79 Å². The van der Waals surface area contributed by atoms with Gasteiger partial charge in [-0.05, 0) is 44.9 Å². The van der Waals surface area contributed by atoms with Gasteiger partial charge in [-0.2, -0.15) is 5.26 Å². The number of hydrogen-bond acceptors (Lipinski definition) is 2. The highest BCUT2D eigenvalue weighted by molar-refractivity contribution is 6.30. The van der Waals surface area contributed by atoms with Crippen LogP contribution in [0.15, 0.2) is 24.3 Å². The molecule has 1 rings (SSSR count). The Morgan fingerprint density at radius 1 is 1.56 bits per heavy atom. The molecule has 0 aliphatic carbocycles. The predicted octanol–water partition coefficient (Wildman–Crippen LogP) is 2.94. The number of carbonyl (C=O) groups is 1. The van der Waals surface area contributed by atoms with Gasteiger partial charge in [0, 0.05) is 11.1 Å². The second-order valence-electron chi connectivity index (χ2n) is 4.95. The number of nitriles is 1. The Bertz CT molecular complexity index is 477. The summed E-state index contributed by atoms with van der Waals surface area (Å²) in [5.41, 5.74) is 0.0628. The molecule has 0 heterocycles. The summed E-state index contributed by atoms with van der Waals surface area (Å²) in [5, 5.41) is 12.4. The lowest BCUT2D eigenvalue weighted by molar-refractivity contribution is -0.127. The van der Waals surface area contributed by atoms with Crippen LogP contribution in [0.2, 0.25) is 5.02 Å². The van der Waals surface area contributed by atoms with Gasteiger partial charge in [0.05, 0.1) is 6.07 Å². The molecular weight excluding hydrogens is 248 g/mol. The maximum atomic E-state index is 11.8. The Hall–Kier alpha value is -1.53. The smallest absolute Gasteiger partial charge is 0.240 e. The minimum Gasteiger partial charge on any atom is -0.352 e. The summed E-state index contributed by atoms with van der Waals surface area (Å²) in [7, 11) is 0. The topological polar surface area (TPSA) is 52.9 Å².